The molecule has 1 aliphatic rings. The van der Waals surface area contributed by atoms with Crippen LogP contribution in [0.15, 0.2) is 53.1 Å². The van der Waals surface area contributed by atoms with Crippen molar-refractivity contribution in [1.29, 1.82) is 0 Å². The van der Waals surface area contributed by atoms with Crippen molar-refractivity contribution in [2.45, 2.75) is 32.4 Å². The number of fused-ring (bicyclic) bond motifs is 1. The second-order valence-corrected chi connectivity index (χ2v) is 7.72. The summed E-state index contributed by atoms with van der Waals surface area (Å²) in [6.07, 6.45) is -0.580. The molecule has 150 valence electrons. The molecule has 0 bridgehead atoms. The second-order valence-electron chi connectivity index (χ2n) is 7.72. The van der Waals surface area contributed by atoms with Gasteiger partial charge in [0.15, 0.2) is 5.54 Å². The zero-order chi connectivity index (χ0) is 20.8. The molecular weight excluding hydrogens is 366 g/mol. The number of aryl methyl sites for hydroxylation is 2. The Balaban J connectivity index is 1.97. The van der Waals surface area contributed by atoms with E-state index in [0.717, 1.165) is 39.4 Å². The van der Waals surface area contributed by atoms with Gasteiger partial charge in [-0.1, -0.05) is 41.6 Å². The van der Waals surface area contributed by atoms with E-state index in [-0.39, 0.29) is 5.91 Å². The van der Waals surface area contributed by atoms with E-state index in [0.29, 0.717) is 6.54 Å². The molecule has 4 rings (SSSR count). The fourth-order valence-electron chi connectivity index (χ4n) is 4.44. The van der Waals surface area contributed by atoms with Gasteiger partial charge in [-0.05, 0) is 51.1 Å². The number of anilines is 1. The van der Waals surface area contributed by atoms with Gasteiger partial charge in [-0.25, -0.2) is 0 Å². The zero-order valence-electron chi connectivity index (χ0n) is 17.1. The fourth-order valence-corrected chi connectivity index (χ4v) is 4.44. The van der Waals surface area contributed by atoms with E-state index in [1.165, 1.54) is 0 Å². The van der Waals surface area contributed by atoms with Crippen LogP contribution < -0.4 is 5.32 Å². The van der Waals surface area contributed by atoms with Crippen LogP contribution >= 0.6 is 0 Å². The van der Waals surface area contributed by atoms with E-state index in [2.05, 4.69) is 10.5 Å². The molecule has 0 spiro atoms. The van der Waals surface area contributed by atoms with Crippen molar-refractivity contribution in [1.82, 2.24) is 10.1 Å². The van der Waals surface area contributed by atoms with Gasteiger partial charge in [-0.15, -0.1) is 0 Å². The topological polar surface area (TPSA) is 78.6 Å². The number of hydrogen-bond acceptors (Lipinski definition) is 5. The van der Waals surface area contributed by atoms with Crippen LogP contribution in [0, 0.1) is 13.8 Å². The lowest BCUT2D eigenvalue weighted by atomic mass is 9.81. The Hall–Kier alpha value is -2.96. The van der Waals surface area contributed by atoms with Crippen molar-refractivity contribution in [2.24, 2.45) is 0 Å². The number of rotatable bonds is 5. The lowest BCUT2D eigenvalue weighted by molar-refractivity contribution is -0.125. The monoisotopic (exact) mass is 391 g/mol. The number of hydrogen-bond donors (Lipinski definition) is 2. The predicted octanol–water partition coefficient (Wildman–Crippen LogP) is 3.47. The number of aliphatic hydroxyl groups is 1. The van der Waals surface area contributed by atoms with Crippen LogP contribution in [0.2, 0.25) is 0 Å². The van der Waals surface area contributed by atoms with E-state index in [1.807, 2.05) is 74.3 Å². The van der Waals surface area contributed by atoms with Crippen LogP contribution in [0.3, 0.4) is 0 Å². The largest absolute Gasteiger partial charge is 0.392 e. The Morgan fingerprint density at radius 2 is 1.93 bits per heavy atom. The van der Waals surface area contributed by atoms with Crippen LogP contribution in [0.1, 0.15) is 29.5 Å². The number of benzene rings is 2. The molecule has 0 aliphatic carbocycles. The first-order valence-corrected chi connectivity index (χ1v) is 9.69. The van der Waals surface area contributed by atoms with Gasteiger partial charge in [0, 0.05) is 23.4 Å². The van der Waals surface area contributed by atoms with E-state index in [1.54, 1.807) is 6.92 Å². The summed E-state index contributed by atoms with van der Waals surface area (Å²) in [4.78, 5) is 15.4. The van der Waals surface area contributed by atoms with Crippen molar-refractivity contribution < 1.29 is 14.4 Å². The van der Waals surface area contributed by atoms with Crippen LogP contribution in [-0.4, -0.2) is 40.8 Å². The fraction of sp³-hybridized carbons (Fsp3) is 0.304. The maximum absolute atomic E-state index is 13.4. The molecule has 1 amide bonds. The third-order valence-corrected chi connectivity index (χ3v) is 5.61. The molecule has 29 heavy (non-hydrogen) atoms. The minimum atomic E-state index is -1.04. The molecule has 2 unspecified atom stereocenters. The Labute approximate surface area is 170 Å². The van der Waals surface area contributed by atoms with Crippen molar-refractivity contribution in [2.75, 3.05) is 18.9 Å². The molecule has 2 heterocycles. The van der Waals surface area contributed by atoms with Gasteiger partial charge in [0.2, 0.25) is 0 Å². The van der Waals surface area contributed by atoms with Gasteiger partial charge in [-0.2, -0.15) is 0 Å². The van der Waals surface area contributed by atoms with Crippen molar-refractivity contribution in [3.8, 4) is 11.1 Å². The Morgan fingerprint density at radius 1 is 1.21 bits per heavy atom. The summed E-state index contributed by atoms with van der Waals surface area (Å²) in [5, 5.41) is 17.2. The molecule has 1 aliphatic heterocycles. The maximum atomic E-state index is 13.4. The Bertz CT molecular complexity index is 1040. The van der Waals surface area contributed by atoms with Gasteiger partial charge in [0.05, 0.1) is 11.8 Å². The minimum Gasteiger partial charge on any atom is -0.392 e. The lowest BCUT2D eigenvalue weighted by Crippen LogP contribution is -2.52. The van der Waals surface area contributed by atoms with Gasteiger partial charge < -0.3 is 14.9 Å². The van der Waals surface area contributed by atoms with Crippen LogP contribution in [0.5, 0.6) is 0 Å². The van der Waals surface area contributed by atoms with E-state index in [9.17, 15) is 9.90 Å². The highest BCUT2D eigenvalue weighted by Gasteiger charge is 2.51. The normalized spacial score (nSPS) is 19.3. The van der Waals surface area contributed by atoms with Crippen molar-refractivity contribution in [3.63, 3.8) is 0 Å². The summed E-state index contributed by atoms with van der Waals surface area (Å²) in [5.74, 6) is 0.611. The highest BCUT2D eigenvalue weighted by molar-refractivity contribution is 6.08. The number of nitrogens with one attached hydrogen (secondary N) is 1. The average Bonchev–Trinajstić information content (AvgIpc) is 3.17. The van der Waals surface area contributed by atoms with Crippen LogP contribution in [0.4, 0.5) is 5.69 Å². The highest BCUT2D eigenvalue weighted by atomic mass is 16.5. The Morgan fingerprint density at radius 3 is 2.55 bits per heavy atom. The average molecular weight is 391 g/mol. The van der Waals surface area contributed by atoms with Crippen LogP contribution in [-0.2, 0) is 10.3 Å². The molecule has 2 atom stereocenters. The second kappa shape index (κ2) is 7.13. The summed E-state index contributed by atoms with van der Waals surface area (Å²) in [6, 6.07) is 15.6. The number of carbonyl (C=O) groups excluding carboxylic acids is 1. The molecule has 2 aromatic carbocycles. The zero-order valence-corrected chi connectivity index (χ0v) is 17.1. The quantitative estimate of drug-likeness (QED) is 0.696. The molecular formula is C23H25N3O3. The number of carbonyl (C=O) groups is 1. The van der Waals surface area contributed by atoms with E-state index in [4.69, 9.17) is 4.52 Å². The van der Waals surface area contributed by atoms with E-state index >= 15 is 0 Å². The first-order valence-electron chi connectivity index (χ1n) is 9.69. The minimum absolute atomic E-state index is 0.127. The van der Waals surface area contributed by atoms with Crippen molar-refractivity contribution >= 4 is 11.6 Å². The third-order valence-electron chi connectivity index (χ3n) is 5.61. The van der Waals surface area contributed by atoms with Gasteiger partial charge in [-0.3, -0.25) is 9.69 Å². The number of amides is 1. The van der Waals surface area contributed by atoms with Crippen LogP contribution in [0.25, 0.3) is 11.1 Å². The highest BCUT2D eigenvalue weighted by Crippen LogP contribution is 2.46. The lowest BCUT2D eigenvalue weighted by Gasteiger charge is -2.38. The molecule has 0 saturated carbocycles. The summed E-state index contributed by atoms with van der Waals surface area (Å²) < 4.78 is 5.35. The number of likely N-dealkylation sites (N-methyl/N-ethyl adjacent to an activating group) is 1. The van der Waals surface area contributed by atoms with E-state index < -0.39 is 11.6 Å². The summed E-state index contributed by atoms with van der Waals surface area (Å²) >= 11 is 0. The summed E-state index contributed by atoms with van der Waals surface area (Å²) in [6.45, 7) is 5.86. The molecule has 2 N–H and O–H groups in total. The molecule has 3 aromatic rings. The molecule has 0 saturated heterocycles. The molecule has 6 nitrogen and oxygen atoms in total. The first-order chi connectivity index (χ1) is 13.9. The summed E-state index contributed by atoms with van der Waals surface area (Å²) in [7, 11) is 1.87. The van der Waals surface area contributed by atoms with Gasteiger partial charge in [0.25, 0.3) is 5.91 Å². The standard InChI is InChI=1S/C23H25N3O3/c1-14(27)13-26(4)23(18-8-6-5-7-9-18)19-12-17(10-11-20(19)24-22(23)28)21-15(2)25-29-16(21)3/h5-12,14,27H,13H2,1-4H3,(H,24,28). The number of aliphatic hydroxyl groups excluding tert-OH is 1. The third kappa shape index (κ3) is 2.96. The molecule has 0 fully saturated rings. The molecule has 0 radical (unpaired) electrons. The predicted molar refractivity (Wildman–Crippen MR) is 112 cm³/mol. The smallest absolute Gasteiger partial charge is 0.254 e. The Kier molecular flexibility index (Phi) is 4.76. The van der Waals surface area contributed by atoms with Crippen molar-refractivity contribution in [3.05, 3.63) is 71.1 Å². The van der Waals surface area contributed by atoms with Gasteiger partial charge in [0.1, 0.15) is 5.76 Å². The molecule has 1 aromatic heterocycles. The summed E-state index contributed by atoms with van der Waals surface area (Å²) in [5.41, 5.74) is 4.14. The maximum Gasteiger partial charge on any atom is 0.254 e. The number of aromatic nitrogens is 1. The first kappa shape index (κ1) is 19.4. The molecule has 6 heteroatoms. The number of nitrogens with zero attached hydrogens (tertiary/aromatic N) is 2. The SMILES string of the molecule is Cc1noc(C)c1-c1ccc2c(c1)C(c1ccccc1)(N(C)CC(C)O)C(=O)N2. The van der Waals surface area contributed by atoms with Gasteiger partial charge >= 0.3 is 0 Å².